The third-order valence-corrected chi connectivity index (χ3v) is 3.47. The van der Waals surface area contributed by atoms with Crippen molar-refractivity contribution in [2.24, 2.45) is 0 Å². The maximum Gasteiger partial charge on any atom is 0.266 e. The average Bonchev–Trinajstić information content (AvgIpc) is 2.48. The molecule has 3 rings (SSSR count). The van der Waals surface area contributed by atoms with E-state index in [4.69, 9.17) is 0 Å². The molecule has 0 bridgehead atoms. The van der Waals surface area contributed by atoms with Crippen molar-refractivity contribution in [1.29, 1.82) is 0 Å². The Balaban J connectivity index is 2.43. The van der Waals surface area contributed by atoms with Gasteiger partial charge in [0, 0.05) is 12.1 Å². The van der Waals surface area contributed by atoms with Crippen LogP contribution >= 0.6 is 0 Å². The van der Waals surface area contributed by atoms with E-state index in [1.165, 1.54) is 0 Å². The molecule has 0 fully saturated rings. The molecule has 0 spiro atoms. The Hall–Kier alpha value is -2.49. The van der Waals surface area contributed by atoms with Gasteiger partial charge in [0.1, 0.15) is 5.82 Å². The molecule has 2 aromatic heterocycles. The molecule has 0 saturated carbocycles. The molecule has 0 aliphatic rings. The minimum Gasteiger partial charge on any atom is -0.268 e. The summed E-state index contributed by atoms with van der Waals surface area (Å²) in [5, 5.41) is 0.642. The number of pyridine rings is 1. The van der Waals surface area contributed by atoms with E-state index >= 15 is 0 Å². The van der Waals surface area contributed by atoms with Crippen LogP contribution in [0.1, 0.15) is 31.2 Å². The van der Waals surface area contributed by atoms with Crippen LogP contribution in [0.5, 0.6) is 0 Å². The zero-order valence-electron chi connectivity index (χ0n) is 12.4. The van der Waals surface area contributed by atoms with Crippen LogP contribution in [0.4, 0.5) is 0 Å². The lowest BCUT2D eigenvalue weighted by atomic mass is 10.1. The molecule has 106 valence electrons. The Labute approximate surface area is 123 Å². The standard InChI is InChI=1S/C17H17N3O/c1-11(2)16-19-15-7-6-12(3)9-14(15)17(21)20(16)13-5-4-8-18-10-13/h4-11H,1-3H3. The van der Waals surface area contributed by atoms with Crippen LogP contribution < -0.4 is 5.56 Å². The summed E-state index contributed by atoms with van der Waals surface area (Å²) >= 11 is 0. The van der Waals surface area contributed by atoms with Crippen molar-refractivity contribution < 1.29 is 0 Å². The Bertz CT molecular complexity index is 851. The van der Waals surface area contributed by atoms with Crippen LogP contribution in [0, 0.1) is 6.92 Å². The van der Waals surface area contributed by atoms with Gasteiger partial charge in [0.2, 0.25) is 0 Å². The molecular formula is C17H17N3O. The number of aromatic nitrogens is 3. The summed E-state index contributed by atoms with van der Waals surface area (Å²) in [5.41, 5.74) is 2.51. The third-order valence-electron chi connectivity index (χ3n) is 3.47. The van der Waals surface area contributed by atoms with Crippen molar-refractivity contribution in [1.82, 2.24) is 14.5 Å². The number of fused-ring (bicyclic) bond motifs is 1. The number of hydrogen-bond acceptors (Lipinski definition) is 3. The predicted molar refractivity (Wildman–Crippen MR) is 84.0 cm³/mol. The molecule has 0 aliphatic heterocycles. The second-order valence-electron chi connectivity index (χ2n) is 5.50. The molecule has 0 saturated heterocycles. The summed E-state index contributed by atoms with van der Waals surface area (Å²) in [6.45, 7) is 6.05. The van der Waals surface area contributed by atoms with Crippen LogP contribution in [0.2, 0.25) is 0 Å². The molecule has 4 nitrogen and oxygen atoms in total. The lowest BCUT2D eigenvalue weighted by molar-refractivity contribution is 0.721. The van der Waals surface area contributed by atoms with Gasteiger partial charge in [-0.2, -0.15) is 0 Å². The SMILES string of the molecule is Cc1ccc2nc(C(C)C)n(-c3cccnc3)c(=O)c2c1. The van der Waals surface area contributed by atoms with Crippen molar-refractivity contribution in [2.45, 2.75) is 26.7 Å². The van der Waals surface area contributed by atoms with Crippen LogP contribution in [0.15, 0.2) is 47.5 Å². The van der Waals surface area contributed by atoms with Crippen molar-refractivity contribution >= 4 is 10.9 Å². The minimum atomic E-state index is -0.0413. The average molecular weight is 279 g/mol. The van der Waals surface area contributed by atoms with E-state index in [0.29, 0.717) is 5.39 Å². The third kappa shape index (κ3) is 2.33. The van der Waals surface area contributed by atoms with Gasteiger partial charge in [0.15, 0.2) is 0 Å². The molecule has 0 unspecified atom stereocenters. The molecule has 1 aromatic carbocycles. The quantitative estimate of drug-likeness (QED) is 0.723. The molecule has 21 heavy (non-hydrogen) atoms. The van der Waals surface area contributed by atoms with Crippen LogP contribution in [-0.2, 0) is 0 Å². The number of benzene rings is 1. The van der Waals surface area contributed by atoms with Gasteiger partial charge in [0.25, 0.3) is 5.56 Å². The maximum atomic E-state index is 12.9. The highest BCUT2D eigenvalue weighted by Gasteiger charge is 2.15. The molecule has 0 atom stereocenters. The maximum absolute atomic E-state index is 12.9. The van der Waals surface area contributed by atoms with Gasteiger partial charge in [-0.1, -0.05) is 25.5 Å². The highest BCUT2D eigenvalue weighted by molar-refractivity contribution is 5.78. The predicted octanol–water partition coefficient (Wildman–Crippen LogP) is 3.21. The van der Waals surface area contributed by atoms with E-state index in [9.17, 15) is 4.79 Å². The fourth-order valence-electron chi connectivity index (χ4n) is 2.44. The number of hydrogen-bond donors (Lipinski definition) is 0. The molecule has 3 aromatic rings. The summed E-state index contributed by atoms with van der Waals surface area (Å²) in [6, 6.07) is 9.48. The van der Waals surface area contributed by atoms with Gasteiger partial charge in [-0.3, -0.25) is 14.3 Å². The van der Waals surface area contributed by atoms with E-state index in [1.54, 1.807) is 17.0 Å². The molecule has 0 N–H and O–H groups in total. The van der Waals surface area contributed by atoms with Gasteiger partial charge in [-0.05, 0) is 31.2 Å². The molecule has 0 amide bonds. The highest BCUT2D eigenvalue weighted by atomic mass is 16.1. The Morgan fingerprint density at radius 1 is 1.19 bits per heavy atom. The Morgan fingerprint density at radius 2 is 2.00 bits per heavy atom. The van der Waals surface area contributed by atoms with Crippen molar-refractivity contribution in [3.05, 3.63) is 64.5 Å². The van der Waals surface area contributed by atoms with Crippen LogP contribution in [0.25, 0.3) is 16.6 Å². The van der Waals surface area contributed by atoms with Gasteiger partial charge in [0.05, 0.1) is 22.8 Å². The summed E-state index contributed by atoms with van der Waals surface area (Å²) in [6.07, 6.45) is 3.39. The van der Waals surface area contributed by atoms with E-state index in [-0.39, 0.29) is 11.5 Å². The highest BCUT2D eigenvalue weighted by Crippen LogP contribution is 2.19. The Morgan fingerprint density at radius 3 is 2.67 bits per heavy atom. The van der Waals surface area contributed by atoms with Gasteiger partial charge < -0.3 is 0 Å². The first kappa shape index (κ1) is 13.5. The van der Waals surface area contributed by atoms with Gasteiger partial charge in [-0.15, -0.1) is 0 Å². The molecule has 0 radical (unpaired) electrons. The van der Waals surface area contributed by atoms with E-state index in [1.807, 2.05) is 51.1 Å². The van der Waals surface area contributed by atoms with Crippen molar-refractivity contribution in [3.63, 3.8) is 0 Å². The van der Waals surface area contributed by atoms with E-state index in [0.717, 1.165) is 22.6 Å². The molecule has 0 aliphatic carbocycles. The van der Waals surface area contributed by atoms with Gasteiger partial charge in [-0.25, -0.2) is 4.98 Å². The van der Waals surface area contributed by atoms with E-state index in [2.05, 4.69) is 9.97 Å². The lowest BCUT2D eigenvalue weighted by Gasteiger charge is -2.15. The second-order valence-corrected chi connectivity index (χ2v) is 5.50. The van der Waals surface area contributed by atoms with Gasteiger partial charge >= 0.3 is 0 Å². The number of aryl methyl sites for hydroxylation is 1. The zero-order chi connectivity index (χ0) is 15.0. The summed E-state index contributed by atoms with van der Waals surface area (Å²) < 4.78 is 1.67. The van der Waals surface area contributed by atoms with Crippen LogP contribution in [0.3, 0.4) is 0 Å². The first-order chi connectivity index (χ1) is 10.1. The van der Waals surface area contributed by atoms with Crippen molar-refractivity contribution in [2.75, 3.05) is 0 Å². The number of nitrogens with zero attached hydrogens (tertiary/aromatic N) is 3. The Kier molecular flexibility index (Phi) is 3.29. The minimum absolute atomic E-state index is 0.0413. The summed E-state index contributed by atoms with van der Waals surface area (Å²) in [5.74, 6) is 0.896. The number of rotatable bonds is 2. The normalized spacial score (nSPS) is 11.2. The second kappa shape index (κ2) is 5.13. The van der Waals surface area contributed by atoms with Crippen LogP contribution in [-0.4, -0.2) is 14.5 Å². The molecule has 4 heteroatoms. The molecule has 2 heterocycles. The monoisotopic (exact) mass is 279 g/mol. The first-order valence-electron chi connectivity index (χ1n) is 7.01. The smallest absolute Gasteiger partial charge is 0.266 e. The van der Waals surface area contributed by atoms with E-state index < -0.39 is 0 Å². The topological polar surface area (TPSA) is 47.8 Å². The largest absolute Gasteiger partial charge is 0.268 e. The summed E-state index contributed by atoms with van der Waals surface area (Å²) in [7, 11) is 0. The first-order valence-corrected chi connectivity index (χ1v) is 7.01. The zero-order valence-corrected chi connectivity index (χ0v) is 12.4. The molecular weight excluding hydrogens is 262 g/mol. The van der Waals surface area contributed by atoms with Crippen molar-refractivity contribution in [3.8, 4) is 5.69 Å². The fourth-order valence-corrected chi connectivity index (χ4v) is 2.44. The summed E-state index contributed by atoms with van der Waals surface area (Å²) in [4.78, 5) is 21.7. The fraction of sp³-hybridized carbons (Fsp3) is 0.235. The lowest BCUT2D eigenvalue weighted by Crippen LogP contribution is -2.24.